The van der Waals surface area contributed by atoms with Crippen LogP contribution in [-0.2, 0) is 6.54 Å². The third-order valence-corrected chi connectivity index (χ3v) is 5.21. The summed E-state index contributed by atoms with van der Waals surface area (Å²) in [6.45, 7) is 11.5. The van der Waals surface area contributed by atoms with Gasteiger partial charge in [-0.15, -0.1) is 24.0 Å². The molecular weight excluding hydrogens is 421 g/mol. The molecule has 2 heterocycles. The summed E-state index contributed by atoms with van der Waals surface area (Å²) in [4.78, 5) is 7.29. The lowest BCUT2D eigenvalue weighted by Crippen LogP contribution is -2.48. The van der Waals surface area contributed by atoms with Crippen molar-refractivity contribution in [3.63, 3.8) is 0 Å². The second-order valence-electron chi connectivity index (χ2n) is 5.87. The second-order valence-corrected chi connectivity index (χ2v) is 7.28. The SMILES string of the molecule is CCNC(=NCC(C)Cn1cccn1)N1CCSC(CC)C1.I. The van der Waals surface area contributed by atoms with Crippen LogP contribution in [-0.4, -0.2) is 57.8 Å². The summed E-state index contributed by atoms with van der Waals surface area (Å²) in [5.41, 5.74) is 0. The molecule has 1 N–H and O–H groups in total. The molecule has 5 nitrogen and oxygen atoms in total. The Hall–Kier alpha value is -0.440. The van der Waals surface area contributed by atoms with Gasteiger partial charge in [0.2, 0.25) is 0 Å². The van der Waals surface area contributed by atoms with E-state index in [0.717, 1.165) is 43.9 Å². The minimum absolute atomic E-state index is 0. The van der Waals surface area contributed by atoms with E-state index in [-0.39, 0.29) is 24.0 Å². The van der Waals surface area contributed by atoms with Crippen LogP contribution in [0.3, 0.4) is 0 Å². The number of hydrogen-bond donors (Lipinski definition) is 1. The molecule has 0 bridgehead atoms. The van der Waals surface area contributed by atoms with Gasteiger partial charge in [-0.25, -0.2) is 0 Å². The molecule has 0 amide bonds. The van der Waals surface area contributed by atoms with Crippen molar-refractivity contribution in [1.29, 1.82) is 0 Å². The van der Waals surface area contributed by atoms with Gasteiger partial charge in [-0.05, 0) is 25.3 Å². The molecule has 1 aromatic heterocycles. The molecule has 1 aliphatic rings. The number of nitrogens with zero attached hydrogens (tertiary/aromatic N) is 4. The van der Waals surface area contributed by atoms with Crippen molar-refractivity contribution in [3.8, 4) is 0 Å². The Morgan fingerprint density at radius 2 is 2.30 bits per heavy atom. The van der Waals surface area contributed by atoms with Crippen molar-refractivity contribution >= 4 is 41.7 Å². The number of guanidine groups is 1. The van der Waals surface area contributed by atoms with E-state index in [2.05, 4.69) is 47.8 Å². The molecule has 1 saturated heterocycles. The van der Waals surface area contributed by atoms with Crippen LogP contribution in [0.5, 0.6) is 0 Å². The van der Waals surface area contributed by atoms with Crippen LogP contribution in [0, 0.1) is 5.92 Å². The maximum Gasteiger partial charge on any atom is 0.193 e. The Morgan fingerprint density at radius 1 is 1.48 bits per heavy atom. The topological polar surface area (TPSA) is 45.5 Å². The van der Waals surface area contributed by atoms with Crippen LogP contribution < -0.4 is 5.32 Å². The van der Waals surface area contributed by atoms with Crippen LogP contribution in [0.1, 0.15) is 27.2 Å². The molecule has 23 heavy (non-hydrogen) atoms. The van der Waals surface area contributed by atoms with Gasteiger partial charge in [-0.3, -0.25) is 9.67 Å². The summed E-state index contributed by atoms with van der Waals surface area (Å²) in [7, 11) is 0. The molecule has 0 aromatic carbocycles. The second kappa shape index (κ2) is 11.2. The molecule has 1 fully saturated rings. The fourth-order valence-corrected chi connectivity index (χ4v) is 3.79. The van der Waals surface area contributed by atoms with Crippen LogP contribution in [0.4, 0.5) is 0 Å². The van der Waals surface area contributed by atoms with Gasteiger partial charge in [-0.2, -0.15) is 16.9 Å². The van der Waals surface area contributed by atoms with Crippen molar-refractivity contribution in [3.05, 3.63) is 18.5 Å². The highest BCUT2D eigenvalue weighted by Gasteiger charge is 2.21. The van der Waals surface area contributed by atoms with Crippen LogP contribution in [0.25, 0.3) is 0 Å². The summed E-state index contributed by atoms with van der Waals surface area (Å²) in [6, 6.07) is 1.97. The fourth-order valence-electron chi connectivity index (χ4n) is 2.61. The maximum atomic E-state index is 4.87. The van der Waals surface area contributed by atoms with E-state index in [1.54, 1.807) is 0 Å². The van der Waals surface area contributed by atoms with Gasteiger partial charge in [0.25, 0.3) is 0 Å². The number of hydrogen-bond acceptors (Lipinski definition) is 3. The van der Waals surface area contributed by atoms with Gasteiger partial charge < -0.3 is 10.2 Å². The smallest absolute Gasteiger partial charge is 0.193 e. The van der Waals surface area contributed by atoms with Crippen LogP contribution in [0.2, 0.25) is 0 Å². The van der Waals surface area contributed by atoms with E-state index >= 15 is 0 Å². The monoisotopic (exact) mass is 451 g/mol. The molecule has 1 aliphatic heterocycles. The number of aromatic nitrogens is 2. The van der Waals surface area contributed by atoms with Crippen LogP contribution >= 0.6 is 35.7 Å². The summed E-state index contributed by atoms with van der Waals surface area (Å²) in [5.74, 6) is 2.76. The molecule has 1 aromatic rings. The first-order valence-corrected chi connectivity index (χ1v) is 9.40. The zero-order valence-corrected chi connectivity index (χ0v) is 17.6. The third kappa shape index (κ3) is 6.91. The lowest BCUT2D eigenvalue weighted by Gasteiger charge is -2.34. The van der Waals surface area contributed by atoms with E-state index in [1.165, 1.54) is 12.2 Å². The van der Waals surface area contributed by atoms with Crippen molar-refractivity contribution in [1.82, 2.24) is 20.0 Å². The molecule has 0 aliphatic carbocycles. The minimum Gasteiger partial charge on any atom is -0.357 e. The van der Waals surface area contributed by atoms with E-state index < -0.39 is 0 Å². The highest BCUT2D eigenvalue weighted by molar-refractivity contribution is 14.0. The Labute approximate surface area is 161 Å². The molecule has 2 atom stereocenters. The van der Waals surface area contributed by atoms with E-state index in [9.17, 15) is 0 Å². The average Bonchev–Trinajstić information content (AvgIpc) is 3.04. The first-order valence-electron chi connectivity index (χ1n) is 8.35. The predicted octanol–water partition coefficient (Wildman–Crippen LogP) is 2.93. The van der Waals surface area contributed by atoms with Crippen LogP contribution in [0.15, 0.2) is 23.5 Å². The molecule has 2 rings (SSSR count). The van der Waals surface area contributed by atoms with Gasteiger partial charge in [0.1, 0.15) is 0 Å². The zero-order chi connectivity index (χ0) is 15.8. The molecule has 0 radical (unpaired) electrons. The number of rotatable bonds is 6. The Bertz CT molecular complexity index is 451. The highest BCUT2D eigenvalue weighted by atomic mass is 127. The molecular formula is C16H30IN5S. The normalized spacial score (nSPS) is 20.0. The molecule has 132 valence electrons. The molecule has 0 spiro atoms. The third-order valence-electron chi connectivity index (χ3n) is 3.84. The average molecular weight is 451 g/mol. The van der Waals surface area contributed by atoms with Gasteiger partial charge in [0.15, 0.2) is 5.96 Å². The molecule has 0 saturated carbocycles. The number of aliphatic imine (C=N–C) groups is 1. The number of halogens is 1. The number of nitrogens with one attached hydrogen (secondary N) is 1. The molecule has 2 unspecified atom stereocenters. The van der Waals surface area contributed by atoms with Crippen molar-refractivity contribution < 1.29 is 0 Å². The first kappa shape index (κ1) is 20.6. The molecule has 7 heteroatoms. The lowest BCUT2D eigenvalue weighted by molar-refractivity contribution is 0.402. The summed E-state index contributed by atoms with van der Waals surface area (Å²) in [5, 5.41) is 8.46. The minimum atomic E-state index is 0. The van der Waals surface area contributed by atoms with Gasteiger partial charge in [0, 0.05) is 56.1 Å². The largest absolute Gasteiger partial charge is 0.357 e. The van der Waals surface area contributed by atoms with Gasteiger partial charge in [0.05, 0.1) is 0 Å². The summed E-state index contributed by atoms with van der Waals surface area (Å²) < 4.78 is 1.98. The summed E-state index contributed by atoms with van der Waals surface area (Å²) in [6.07, 6.45) is 5.08. The highest BCUT2D eigenvalue weighted by Crippen LogP contribution is 2.21. The Morgan fingerprint density at radius 3 is 2.96 bits per heavy atom. The first-order chi connectivity index (χ1) is 10.7. The zero-order valence-electron chi connectivity index (χ0n) is 14.4. The maximum absolute atomic E-state index is 4.87. The lowest BCUT2D eigenvalue weighted by atomic mass is 10.2. The van der Waals surface area contributed by atoms with E-state index in [1.807, 2.05) is 23.1 Å². The predicted molar refractivity (Wildman–Crippen MR) is 111 cm³/mol. The van der Waals surface area contributed by atoms with Crippen molar-refractivity contribution in [2.24, 2.45) is 10.9 Å². The van der Waals surface area contributed by atoms with Gasteiger partial charge in [-0.1, -0.05) is 13.8 Å². The summed E-state index contributed by atoms with van der Waals surface area (Å²) >= 11 is 2.09. The standard InChI is InChI=1S/C16H29N5S.HI/c1-4-15-13-20(9-10-22-15)16(17-5-2)18-11-14(3)12-21-8-6-7-19-21;/h6-8,14-15H,4-5,9-13H2,1-3H3,(H,17,18);1H. The van der Waals surface area contributed by atoms with Crippen molar-refractivity contribution in [2.45, 2.75) is 39.0 Å². The van der Waals surface area contributed by atoms with E-state index in [0.29, 0.717) is 5.92 Å². The van der Waals surface area contributed by atoms with Crippen molar-refractivity contribution in [2.75, 3.05) is 31.9 Å². The van der Waals surface area contributed by atoms with Gasteiger partial charge >= 0.3 is 0 Å². The number of thioether (sulfide) groups is 1. The fraction of sp³-hybridized carbons (Fsp3) is 0.750. The quantitative estimate of drug-likeness (QED) is 0.411. The Kier molecular flexibility index (Phi) is 10.0. The van der Waals surface area contributed by atoms with E-state index in [4.69, 9.17) is 4.99 Å². The Balaban J connectivity index is 0.00000264.